The molecule has 0 aromatic rings. The molecule has 1 saturated heterocycles. The Morgan fingerprint density at radius 1 is 0.455 bits per heavy atom. The fraction of sp³-hybridized carbons (Fsp3) is 0.569. The van der Waals surface area contributed by atoms with Crippen molar-refractivity contribution >= 4 is 23.9 Å². The molecule has 0 aromatic heterocycles. The first kappa shape index (κ1) is 69.6. The summed E-state index contributed by atoms with van der Waals surface area (Å²) in [7, 11) is 0. The zero-order valence-electron chi connectivity index (χ0n) is 47.1. The van der Waals surface area contributed by atoms with Crippen molar-refractivity contribution in [1.82, 2.24) is 0 Å². The summed E-state index contributed by atoms with van der Waals surface area (Å²) < 4.78 is 28.1. The van der Waals surface area contributed by atoms with E-state index in [1.807, 2.05) is 30.4 Å². The molecule has 1 fully saturated rings. The molecule has 1 rings (SSSR count). The van der Waals surface area contributed by atoms with Gasteiger partial charge in [0.1, 0.15) is 18.8 Å². The lowest BCUT2D eigenvalue weighted by Gasteiger charge is -2.40. The van der Waals surface area contributed by atoms with Crippen molar-refractivity contribution < 1.29 is 58.2 Å². The maximum absolute atomic E-state index is 13.1. The molecule has 0 bridgehead atoms. The van der Waals surface area contributed by atoms with E-state index in [9.17, 15) is 34.5 Å². The molecule has 1 heterocycles. The van der Waals surface area contributed by atoms with Crippen LogP contribution in [0.3, 0.4) is 0 Å². The first-order chi connectivity index (χ1) is 37.6. The smallest absolute Gasteiger partial charge is 0.335 e. The number of ether oxygens (including phenoxy) is 5. The lowest BCUT2D eigenvalue weighted by Crippen LogP contribution is -2.61. The SMILES string of the molecule is CC/C=C\C/C=C\C/C=C\C/C=C\C/C=C\CC(=O)OC1C(OCC(COC(=O)CCCCCCCC/C=C\C/C=C\C/C=C\CCCCC)OC(=O)CC/C=C\C/C=C\C/C=C\C/C=C\CC)OC(C(=O)O)C(O)C1O. The first-order valence-corrected chi connectivity index (χ1v) is 28.8. The largest absolute Gasteiger partial charge is 0.479 e. The Kier molecular flexibility index (Phi) is 46.4. The predicted molar refractivity (Wildman–Crippen MR) is 312 cm³/mol. The van der Waals surface area contributed by atoms with Gasteiger partial charge in [-0.1, -0.05) is 205 Å². The van der Waals surface area contributed by atoms with Crippen LogP contribution in [0.15, 0.2) is 146 Å². The molecule has 3 N–H and O–H groups in total. The van der Waals surface area contributed by atoms with Gasteiger partial charge in [0.2, 0.25) is 0 Å². The van der Waals surface area contributed by atoms with Crippen LogP contribution in [-0.4, -0.2) is 89.2 Å². The molecule has 6 atom stereocenters. The van der Waals surface area contributed by atoms with E-state index in [4.69, 9.17) is 23.7 Å². The third kappa shape index (κ3) is 41.4. The molecule has 0 aliphatic carbocycles. The molecule has 77 heavy (non-hydrogen) atoms. The average molecular weight is 1070 g/mol. The van der Waals surface area contributed by atoms with E-state index in [2.05, 4.69) is 124 Å². The number of esters is 3. The quantitative estimate of drug-likeness (QED) is 0.0228. The van der Waals surface area contributed by atoms with E-state index < -0.39 is 67.3 Å². The second-order valence-electron chi connectivity index (χ2n) is 18.8. The summed E-state index contributed by atoms with van der Waals surface area (Å²) >= 11 is 0. The third-order valence-corrected chi connectivity index (χ3v) is 11.9. The molecule has 0 aromatic carbocycles. The highest BCUT2D eigenvalue weighted by Crippen LogP contribution is 2.26. The standard InChI is InChI=1S/C65H98O12/c1-4-7-10-13-16-19-22-25-27-28-29-30-32-34-36-39-42-45-48-51-57(66)73-54-56(75-58(67)52-49-46-43-40-37-33-24-21-18-15-12-9-6-3)55-74-65-63(61(70)60(69)62(77-65)64(71)72)76-59(68)53-50-47-44-41-38-35-31-26-23-20-17-14-11-8-5-2/h8-9,11-12,16-21,25-27,29-31,33,37-38,41,43,46-47,50,56,60-63,65,69-70H,4-7,10,13-15,22-24,28,32,34-36,39-40,42,44-45,48-49,51-55H2,1-3H3,(H,71,72)/b11-8-,12-9-,19-16-,20-17-,21-18-,27-25-,30-29-,31-26-,37-33-,41-38-,46-43-,50-47-. The van der Waals surface area contributed by atoms with Crippen LogP contribution in [0.2, 0.25) is 0 Å². The molecular weight excluding hydrogens is 973 g/mol. The summed E-state index contributed by atoms with van der Waals surface area (Å²) in [4.78, 5) is 51.0. The Labute approximate surface area is 463 Å². The molecule has 6 unspecified atom stereocenters. The molecule has 12 nitrogen and oxygen atoms in total. The number of unbranched alkanes of at least 4 members (excludes halogenated alkanes) is 9. The summed E-state index contributed by atoms with van der Waals surface area (Å²) in [5, 5.41) is 31.4. The summed E-state index contributed by atoms with van der Waals surface area (Å²) in [5.74, 6) is -3.44. The zero-order valence-corrected chi connectivity index (χ0v) is 47.1. The lowest BCUT2D eigenvalue weighted by atomic mass is 9.98. The van der Waals surface area contributed by atoms with Crippen molar-refractivity contribution in [3.63, 3.8) is 0 Å². The molecule has 0 radical (unpaired) electrons. The fourth-order valence-corrected chi connectivity index (χ4v) is 7.58. The molecule has 430 valence electrons. The highest BCUT2D eigenvalue weighted by Gasteiger charge is 2.50. The van der Waals surface area contributed by atoms with Gasteiger partial charge in [0.05, 0.1) is 13.0 Å². The van der Waals surface area contributed by atoms with Crippen LogP contribution in [0.1, 0.15) is 188 Å². The Hall–Kier alpha value is -5.40. The maximum atomic E-state index is 13.1. The highest BCUT2D eigenvalue weighted by atomic mass is 16.7. The summed E-state index contributed by atoms with van der Waals surface area (Å²) in [6.07, 6.45) is 61.5. The highest BCUT2D eigenvalue weighted by molar-refractivity contribution is 5.74. The van der Waals surface area contributed by atoms with Gasteiger partial charge in [0, 0.05) is 12.8 Å². The Morgan fingerprint density at radius 3 is 1.36 bits per heavy atom. The van der Waals surface area contributed by atoms with Crippen molar-refractivity contribution in [2.45, 2.75) is 225 Å². The Balaban J connectivity index is 2.79. The molecule has 0 saturated carbocycles. The Bertz CT molecular complexity index is 1890. The number of carbonyl (C=O) groups excluding carboxylic acids is 3. The van der Waals surface area contributed by atoms with E-state index in [1.165, 1.54) is 25.7 Å². The second kappa shape index (κ2) is 51.4. The Morgan fingerprint density at radius 2 is 0.883 bits per heavy atom. The number of hydrogen-bond donors (Lipinski definition) is 3. The fourth-order valence-electron chi connectivity index (χ4n) is 7.58. The molecule has 0 spiro atoms. The van der Waals surface area contributed by atoms with Crippen molar-refractivity contribution in [2.24, 2.45) is 0 Å². The molecule has 1 aliphatic rings. The average Bonchev–Trinajstić information content (AvgIpc) is 3.42. The van der Waals surface area contributed by atoms with Gasteiger partial charge >= 0.3 is 23.9 Å². The van der Waals surface area contributed by atoms with Gasteiger partial charge in [-0.2, -0.15) is 0 Å². The van der Waals surface area contributed by atoms with E-state index in [-0.39, 0.29) is 25.9 Å². The molecule has 12 heteroatoms. The van der Waals surface area contributed by atoms with Crippen molar-refractivity contribution in [1.29, 1.82) is 0 Å². The van der Waals surface area contributed by atoms with Gasteiger partial charge in [-0.15, -0.1) is 0 Å². The van der Waals surface area contributed by atoms with Gasteiger partial charge in [0.15, 0.2) is 24.6 Å². The van der Waals surface area contributed by atoms with Gasteiger partial charge in [-0.3, -0.25) is 14.4 Å². The van der Waals surface area contributed by atoms with Crippen LogP contribution in [0, 0.1) is 0 Å². The van der Waals surface area contributed by atoms with Crippen LogP contribution >= 0.6 is 0 Å². The van der Waals surface area contributed by atoms with Gasteiger partial charge in [-0.25, -0.2) is 4.79 Å². The number of carboxylic acid groups (broad SMARTS) is 1. The van der Waals surface area contributed by atoms with Crippen LogP contribution < -0.4 is 0 Å². The number of carbonyl (C=O) groups is 4. The lowest BCUT2D eigenvalue weighted by molar-refractivity contribution is -0.301. The predicted octanol–water partition coefficient (Wildman–Crippen LogP) is 14.8. The minimum atomic E-state index is -1.95. The molecule has 1 aliphatic heterocycles. The van der Waals surface area contributed by atoms with Crippen LogP contribution in [0.25, 0.3) is 0 Å². The summed E-state index contributed by atoms with van der Waals surface area (Å²) in [6, 6.07) is 0. The number of aliphatic hydroxyl groups excluding tert-OH is 2. The summed E-state index contributed by atoms with van der Waals surface area (Å²) in [6.45, 7) is 5.59. The minimum Gasteiger partial charge on any atom is -0.479 e. The number of aliphatic carboxylic acids is 1. The molecular formula is C65H98O12. The van der Waals surface area contributed by atoms with E-state index in [0.29, 0.717) is 25.7 Å². The molecule has 0 amide bonds. The van der Waals surface area contributed by atoms with E-state index in [0.717, 1.165) is 96.3 Å². The summed E-state index contributed by atoms with van der Waals surface area (Å²) in [5.41, 5.74) is 0. The van der Waals surface area contributed by atoms with Crippen molar-refractivity contribution in [3.05, 3.63) is 146 Å². The minimum absolute atomic E-state index is 0.0195. The number of carboxylic acids is 1. The van der Waals surface area contributed by atoms with E-state index >= 15 is 0 Å². The number of aliphatic hydroxyl groups is 2. The maximum Gasteiger partial charge on any atom is 0.335 e. The topological polar surface area (TPSA) is 175 Å². The zero-order chi connectivity index (χ0) is 56.1. The van der Waals surface area contributed by atoms with Crippen LogP contribution in [-0.2, 0) is 42.9 Å². The second-order valence-corrected chi connectivity index (χ2v) is 18.8. The van der Waals surface area contributed by atoms with Gasteiger partial charge in [0.25, 0.3) is 0 Å². The van der Waals surface area contributed by atoms with Crippen molar-refractivity contribution in [2.75, 3.05) is 13.2 Å². The van der Waals surface area contributed by atoms with Gasteiger partial charge in [-0.05, 0) is 109 Å². The normalized spacial score (nSPS) is 19.1. The third-order valence-electron chi connectivity index (χ3n) is 11.9. The van der Waals surface area contributed by atoms with Crippen LogP contribution in [0.4, 0.5) is 0 Å². The van der Waals surface area contributed by atoms with E-state index in [1.54, 1.807) is 12.2 Å². The number of allylic oxidation sites excluding steroid dienone is 23. The number of rotatable bonds is 46. The van der Waals surface area contributed by atoms with Gasteiger partial charge < -0.3 is 39.0 Å². The monoisotopic (exact) mass is 1070 g/mol. The van der Waals surface area contributed by atoms with Crippen molar-refractivity contribution in [3.8, 4) is 0 Å². The van der Waals surface area contributed by atoms with Crippen LogP contribution in [0.5, 0.6) is 0 Å². The first-order valence-electron chi connectivity index (χ1n) is 28.8. The number of hydrogen-bond acceptors (Lipinski definition) is 11.